The number of imidazole rings is 1. The molecule has 0 saturated carbocycles. The summed E-state index contributed by atoms with van der Waals surface area (Å²) >= 11 is 4.05. The Morgan fingerprint density at radius 2 is 1.97 bits per heavy atom. The van der Waals surface area contributed by atoms with Crippen LogP contribution in [0.25, 0.3) is 32.4 Å². The van der Waals surface area contributed by atoms with Crippen molar-refractivity contribution in [3.8, 4) is 10.4 Å². The van der Waals surface area contributed by atoms with E-state index in [9.17, 15) is 4.79 Å². The van der Waals surface area contributed by atoms with Gasteiger partial charge in [0, 0.05) is 58.3 Å². The molecular formula is C29H26IN7OS. The number of amides is 1. The van der Waals surface area contributed by atoms with E-state index in [0.717, 1.165) is 44.5 Å². The predicted octanol–water partition coefficient (Wildman–Crippen LogP) is 5.74. The van der Waals surface area contributed by atoms with Crippen LogP contribution in [0.1, 0.15) is 15.2 Å². The van der Waals surface area contributed by atoms with Crippen molar-refractivity contribution < 1.29 is 4.79 Å². The van der Waals surface area contributed by atoms with Crippen molar-refractivity contribution in [3.05, 3.63) is 93.1 Å². The Kier molecular flexibility index (Phi) is 7.05. The van der Waals surface area contributed by atoms with Gasteiger partial charge in [0.25, 0.3) is 5.91 Å². The van der Waals surface area contributed by atoms with Crippen LogP contribution in [-0.2, 0) is 13.6 Å². The van der Waals surface area contributed by atoms with Crippen molar-refractivity contribution in [2.75, 3.05) is 25.5 Å². The lowest BCUT2D eigenvalue weighted by Crippen LogP contribution is -2.28. The van der Waals surface area contributed by atoms with Crippen LogP contribution < -0.4 is 10.6 Å². The number of hydrogen-bond donors (Lipinski definition) is 2. The van der Waals surface area contributed by atoms with Crippen molar-refractivity contribution in [2.45, 2.75) is 6.54 Å². The number of thiophene rings is 1. The van der Waals surface area contributed by atoms with E-state index in [2.05, 4.69) is 95.7 Å². The van der Waals surface area contributed by atoms with Gasteiger partial charge in [0.2, 0.25) is 0 Å². The number of anilines is 1. The average molecular weight is 648 g/mol. The summed E-state index contributed by atoms with van der Waals surface area (Å²) in [7, 11) is 4.04. The molecule has 8 nitrogen and oxygen atoms in total. The van der Waals surface area contributed by atoms with E-state index >= 15 is 0 Å². The highest BCUT2D eigenvalue weighted by atomic mass is 127. The van der Waals surface area contributed by atoms with Crippen molar-refractivity contribution in [1.82, 2.24) is 29.7 Å². The van der Waals surface area contributed by atoms with Gasteiger partial charge in [0.15, 0.2) is 0 Å². The quantitative estimate of drug-likeness (QED) is 0.220. The predicted molar refractivity (Wildman–Crippen MR) is 166 cm³/mol. The number of carbonyl (C=O) groups is 1. The van der Waals surface area contributed by atoms with Crippen LogP contribution in [0, 0.1) is 0 Å². The molecule has 0 bridgehead atoms. The number of fused-ring (bicyclic) bond motifs is 3. The number of likely N-dealkylation sites (N-methyl/N-ethyl adjacent to an activating group) is 1. The molecule has 6 rings (SSSR count). The summed E-state index contributed by atoms with van der Waals surface area (Å²) in [4.78, 5) is 30.9. The van der Waals surface area contributed by atoms with Crippen LogP contribution in [-0.4, -0.2) is 50.5 Å². The molecule has 0 radical (unpaired) electrons. The Hall–Kier alpha value is -3.77. The minimum absolute atomic E-state index is 0.152. The number of carbonyl (C=O) groups excluding carboxylic acids is 1. The third-order valence-electron chi connectivity index (χ3n) is 6.55. The molecule has 196 valence electrons. The van der Waals surface area contributed by atoms with E-state index in [-0.39, 0.29) is 5.91 Å². The second-order valence-electron chi connectivity index (χ2n) is 9.49. The smallest absolute Gasteiger partial charge is 0.255 e. The molecule has 5 aromatic rings. The van der Waals surface area contributed by atoms with Crippen molar-refractivity contribution in [3.63, 3.8) is 0 Å². The van der Waals surface area contributed by atoms with Gasteiger partial charge in [-0.3, -0.25) is 9.78 Å². The Morgan fingerprint density at radius 3 is 2.85 bits per heavy atom. The fourth-order valence-electron chi connectivity index (χ4n) is 4.75. The van der Waals surface area contributed by atoms with Crippen molar-refractivity contribution in [1.29, 1.82) is 0 Å². The number of rotatable bonds is 7. The maximum atomic E-state index is 13.0. The van der Waals surface area contributed by atoms with Gasteiger partial charge < -0.3 is 20.1 Å². The molecule has 0 atom stereocenters. The van der Waals surface area contributed by atoms with Gasteiger partial charge >= 0.3 is 0 Å². The first-order valence-electron chi connectivity index (χ1n) is 12.5. The number of nitrogens with one attached hydrogen (secondary N) is 2. The molecular weight excluding hydrogens is 621 g/mol. The summed E-state index contributed by atoms with van der Waals surface area (Å²) in [6.45, 7) is 1.93. The minimum atomic E-state index is -0.152. The van der Waals surface area contributed by atoms with E-state index in [4.69, 9.17) is 0 Å². The monoisotopic (exact) mass is 647 g/mol. The van der Waals surface area contributed by atoms with Gasteiger partial charge in [-0.15, -0.1) is 11.3 Å². The number of benzene rings is 1. The van der Waals surface area contributed by atoms with E-state index < -0.39 is 0 Å². The lowest BCUT2D eigenvalue weighted by atomic mass is 10.1. The molecule has 0 aliphatic carbocycles. The van der Waals surface area contributed by atoms with E-state index in [1.807, 2.05) is 31.2 Å². The Labute approximate surface area is 243 Å². The zero-order valence-corrected chi connectivity index (χ0v) is 24.5. The third-order valence-corrected chi connectivity index (χ3v) is 8.34. The van der Waals surface area contributed by atoms with Crippen LogP contribution in [0.4, 0.5) is 5.82 Å². The maximum Gasteiger partial charge on any atom is 0.255 e. The fourth-order valence-corrected chi connectivity index (χ4v) is 6.63. The Bertz CT molecular complexity index is 1770. The second-order valence-corrected chi connectivity index (χ2v) is 12.0. The first-order chi connectivity index (χ1) is 18.9. The average Bonchev–Trinajstić information content (AvgIpc) is 3.57. The van der Waals surface area contributed by atoms with Gasteiger partial charge in [-0.2, -0.15) is 0 Å². The van der Waals surface area contributed by atoms with Crippen LogP contribution >= 0.6 is 33.9 Å². The molecule has 1 amide bonds. The summed E-state index contributed by atoms with van der Waals surface area (Å²) in [5.74, 6) is 0.418. The summed E-state index contributed by atoms with van der Waals surface area (Å²) < 4.78 is 3.28. The highest BCUT2D eigenvalue weighted by Crippen LogP contribution is 2.32. The molecule has 0 saturated heterocycles. The second kappa shape index (κ2) is 10.8. The fraction of sp³-hybridized carbons (Fsp3) is 0.172. The summed E-state index contributed by atoms with van der Waals surface area (Å²) in [6, 6.07) is 14.2. The number of aryl methyl sites for hydroxylation is 1. The maximum absolute atomic E-state index is 13.0. The SMILES string of the molecule is CN1C=C(CNC(=O)c2cccnc2NCc2ccc(-c3ccc4ncc5ncn(C)c5c4c3)s2)C=C(I)C1. The lowest BCUT2D eigenvalue weighted by Gasteiger charge is -2.21. The summed E-state index contributed by atoms with van der Waals surface area (Å²) in [6.07, 6.45) is 9.52. The van der Waals surface area contributed by atoms with Gasteiger partial charge in [-0.1, -0.05) is 6.07 Å². The number of halogens is 1. The zero-order chi connectivity index (χ0) is 26.9. The van der Waals surface area contributed by atoms with Crippen molar-refractivity contribution >= 4 is 67.6 Å². The van der Waals surface area contributed by atoms with E-state index in [0.29, 0.717) is 24.5 Å². The van der Waals surface area contributed by atoms with Crippen molar-refractivity contribution in [2.24, 2.45) is 7.05 Å². The van der Waals surface area contributed by atoms with Crippen LogP contribution in [0.2, 0.25) is 0 Å². The zero-order valence-electron chi connectivity index (χ0n) is 21.5. The first-order valence-corrected chi connectivity index (χ1v) is 14.4. The molecule has 0 spiro atoms. The number of hydrogen-bond acceptors (Lipinski definition) is 7. The van der Waals surface area contributed by atoms with Crippen LogP contribution in [0.3, 0.4) is 0 Å². The Balaban J connectivity index is 1.16. The largest absolute Gasteiger partial charge is 0.375 e. The van der Waals surface area contributed by atoms with Crippen LogP contribution in [0.15, 0.2) is 82.6 Å². The number of pyridine rings is 2. The lowest BCUT2D eigenvalue weighted by molar-refractivity contribution is 0.0957. The normalized spacial score (nSPS) is 13.5. The molecule has 1 aromatic carbocycles. The van der Waals surface area contributed by atoms with Gasteiger partial charge in [-0.25, -0.2) is 9.97 Å². The van der Waals surface area contributed by atoms with E-state index in [1.54, 1.807) is 29.7 Å². The summed E-state index contributed by atoms with van der Waals surface area (Å²) in [5, 5.41) is 7.48. The van der Waals surface area contributed by atoms with Crippen LogP contribution in [0.5, 0.6) is 0 Å². The highest BCUT2D eigenvalue weighted by Gasteiger charge is 2.15. The van der Waals surface area contributed by atoms with Gasteiger partial charge in [0.1, 0.15) is 11.3 Å². The van der Waals surface area contributed by atoms with E-state index in [1.165, 1.54) is 8.46 Å². The first kappa shape index (κ1) is 25.5. The van der Waals surface area contributed by atoms with Gasteiger partial charge in [0.05, 0.1) is 35.7 Å². The molecule has 10 heteroatoms. The molecule has 5 heterocycles. The standard InChI is InChI=1S/C29H26IN7OS/c1-36-15-18(10-20(30)16-36)12-34-29(38)22-4-3-9-31-28(22)33-13-21-6-8-26(39-21)19-5-7-24-23(11-19)27-25(14-32-24)35-17-37(27)2/h3-11,14-15,17H,12-13,16H2,1-2H3,(H,31,33)(H,34,38). The summed E-state index contributed by atoms with van der Waals surface area (Å²) in [5.41, 5.74) is 5.66. The molecule has 0 fully saturated rings. The van der Waals surface area contributed by atoms with Gasteiger partial charge in [-0.05, 0) is 76.2 Å². The highest BCUT2D eigenvalue weighted by molar-refractivity contribution is 14.1. The molecule has 2 N–H and O–H groups in total. The minimum Gasteiger partial charge on any atom is -0.375 e. The number of nitrogens with zero attached hydrogens (tertiary/aromatic N) is 5. The molecule has 4 aromatic heterocycles. The molecule has 0 unspecified atom stereocenters. The molecule has 1 aliphatic rings. The molecule has 39 heavy (non-hydrogen) atoms. The third kappa shape index (κ3) is 5.39. The molecule has 1 aliphatic heterocycles. The Morgan fingerprint density at radius 1 is 1.08 bits per heavy atom. The number of aromatic nitrogens is 4. The topological polar surface area (TPSA) is 88.0 Å².